The monoisotopic (exact) mass is 190 g/mol. The highest BCUT2D eigenvalue weighted by atomic mass is 35.5. The Morgan fingerprint density at radius 1 is 1.36 bits per heavy atom. The van der Waals surface area contributed by atoms with Gasteiger partial charge >= 0.3 is 0 Å². The van der Waals surface area contributed by atoms with Crippen molar-refractivity contribution in [3.05, 3.63) is 23.2 Å². The fourth-order valence-corrected chi connectivity index (χ4v) is 1.94. The summed E-state index contributed by atoms with van der Waals surface area (Å²) in [7, 11) is -0.237. The molecule has 1 rings (SSSR count). The molecule has 0 atom stereocenters. The lowest BCUT2D eigenvalue weighted by Gasteiger charge is -2.11. The molecule has 0 aromatic heterocycles. The number of rotatable bonds is 1. The third-order valence-electron chi connectivity index (χ3n) is 1.42. The maximum Gasteiger partial charge on any atom is 0.128 e. The second kappa shape index (κ2) is 3.37. The van der Waals surface area contributed by atoms with Gasteiger partial charge in [0.05, 0.1) is 0 Å². The van der Waals surface area contributed by atoms with Crippen LogP contribution in [0, 0.1) is 0 Å². The Morgan fingerprint density at radius 2 is 2.00 bits per heavy atom. The SMILES string of the molecule is C[SH](C)c1ccc(Cl)cc1O. The van der Waals surface area contributed by atoms with Crippen LogP contribution in [0.15, 0.2) is 23.1 Å². The van der Waals surface area contributed by atoms with E-state index >= 15 is 0 Å². The number of hydrogen-bond acceptors (Lipinski definition) is 1. The average molecular weight is 191 g/mol. The summed E-state index contributed by atoms with van der Waals surface area (Å²) in [5, 5.41) is 9.98. The van der Waals surface area contributed by atoms with Crippen LogP contribution >= 0.6 is 22.5 Å². The van der Waals surface area contributed by atoms with Gasteiger partial charge < -0.3 is 5.11 Å². The van der Waals surface area contributed by atoms with Crippen LogP contribution in [0.5, 0.6) is 5.75 Å². The molecular weight excluding hydrogens is 180 g/mol. The summed E-state index contributed by atoms with van der Waals surface area (Å²) in [5.74, 6) is 0.314. The van der Waals surface area contributed by atoms with E-state index in [9.17, 15) is 5.11 Å². The van der Waals surface area contributed by atoms with Gasteiger partial charge in [-0.05, 0) is 30.7 Å². The molecule has 0 radical (unpaired) electrons. The Hall–Kier alpha value is -0.340. The molecule has 62 valence electrons. The number of phenolic OH excluding ortho intramolecular Hbond substituents is 1. The zero-order valence-corrected chi connectivity index (χ0v) is 8.15. The Labute approximate surface area is 74.3 Å². The summed E-state index contributed by atoms with van der Waals surface area (Å²) in [6, 6.07) is 5.27. The lowest BCUT2D eigenvalue weighted by Crippen LogP contribution is -1.78. The van der Waals surface area contributed by atoms with E-state index < -0.39 is 0 Å². The minimum atomic E-state index is -0.237. The van der Waals surface area contributed by atoms with Gasteiger partial charge in [0.15, 0.2) is 0 Å². The van der Waals surface area contributed by atoms with E-state index in [0.29, 0.717) is 10.8 Å². The number of hydrogen-bond donors (Lipinski definition) is 2. The summed E-state index contributed by atoms with van der Waals surface area (Å²) in [6.45, 7) is 0. The molecule has 0 amide bonds. The van der Waals surface area contributed by atoms with E-state index in [0.717, 1.165) is 4.90 Å². The molecule has 1 aromatic carbocycles. The first-order valence-electron chi connectivity index (χ1n) is 3.27. The zero-order chi connectivity index (χ0) is 8.43. The van der Waals surface area contributed by atoms with Gasteiger partial charge in [0.1, 0.15) is 5.75 Å². The molecule has 0 aliphatic carbocycles. The smallest absolute Gasteiger partial charge is 0.128 e. The fourth-order valence-electron chi connectivity index (χ4n) is 0.875. The van der Waals surface area contributed by atoms with E-state index in [1.165, 1.54) is 0 Å². The van der Waals surface area contributed by atoms with Crippen LogP contribution < -0.4 is 0 Å². The maximum absolute atomic E-state index is 9.39. The highest BCUT2D eigenvalue weighted by molar-refractivity contribution is 8.16. The molecule has 0 unspecified atom stereocenters. The first-order valence-corrected chi connectivity index (χ1v) is 5.88. The summed E-state index contributed by atoms with van der Waals surface area (Å²) in [5.41, 5.74) is 0. The lowest BCUT2D eigenvalue weighted by atomic mass is 10.3. The third kappa shape index (κ3) is 2.04. The van der Waals surface area contributed by atoms with Gasteiger partial charge in [-0.1, -0.05) is 11.6 Å². The molecule has 1 N–H and O–H groups in total. The van der Waals surface area contributed by atoms with Crippen molar-refractivity contribution in [2.75, 3.05) is 12.5 Å². The number of halogens is 1. The number of thiol groups is 1. The number of aromatic hydroxyl groups is 1. The fraction of sp³-hybridized carbons (Fsp3) is 0.250. The van der Waals surface area contributed by atoms with Crippen LogP contribution in [-0.4, -0.2) is 17.6 Å². The predicted octanol–water partition coefficient (Wildman–Crippen LogP) is 2.67. The topological polar surface area (TPSA) is 20.2 Å². The molecule has 0 fully saturated rings. The van der Waals surface area contributed by atoms with Gasteiger partial charge in [0.2, 0.25) is 0 Å². The predicted molar refractivity (Wildman–Crippen MR) is 52.2 cm³/mol. The third-order valence-corrected chi connectivity index (χ3v) is 3.00. The maximum atomic E-state index is 9.39. The van der Waals surface area contributed by atoms with Crippen molar-refractivity contribution in [2.45, 2.75) is 4.90 Å². The zero-order valence-electron chi connectivity index (χ0n) is 6.50. The van der Waals surface area contributed by atoms with Gasteiger partial charge in [-0.15, -0.1) is 0 Å². The summed E-state index contributed by atoms with van der Waals surface area (Å²) < 4.78 is 0. The lowest BCUT2D eigenvalue weighted by molar-refractivity contribution is 0.462. The molecule has 1 nitrogen and oxygen atoms in total. The molecule has 11 heavy (non-hydrogen) atoms. The van der Waals surface area contributed by atoms with Gasteiger partial charge in [-0.2, -0.15) is 0 Å². The van der Waals surface area contributed by atoms with Crippen molar-refractivity contribution in [1.29, 1.82) is 0 Å². The molecular formula is C8H11ClOS. The van der Waals surface area contributed by atoms with E-state index in [2.05, 4.69) is 12.5 Å². The Bertz CT molecular complexity index is 260. The van der Waals surface area contributed by atoms with E-state index in [1.54, 1.807) is 12.1 Å². The number of benzene rings is 1. The van der Waals surface area contributed by atoms with Gasteiger partial charge in [-0.3, -0.25) is 0 Å². The molecule has 0 heterocycles. The van der Waals surface area contributed by atoms with Crippen molar-refractivity contribution >= 4 is 22.5 Å². The second-order valence-corrected chi connectivity index (χ2v) is 5.23. The molecule has 3 heteroatoms. The first kappa shape index (κ1) is 8.75. The molecule has 0 saturated carbocycles. The highest BCUT2D eigenvalue weighted by Gasteiger charge is 2.02. The van der Waals surface area contributed by atoms with Gasteiger partial charge in [0, 0.05) is 9.92 Å². The minimum Gasteiger partial charge on any atom is -0.507 e. The average Bonchev–Trinajstić information content (AvgIpc) is 1.85. The van der Waals surface area contributed by atoms with Gasteiger partial charge in [0.25, 0.3) is 0 Å². The minimum absolute atomic E-state index is 0.237. The first-order chi connectivity index (χ1) is 5.11. The Balaban J connectivity index is 3.09. The summed E-state index contributed by atoms with van der Waals surface area (Å²) >= 11 is 5.67. The van der Waals surface area contributed by atoms with Crippen molar-refractivity contribution in [2.24, 2.45) is 0 Å². The van der Waals surface area contributed by atoms with E-state index in [1.807, 2.05) is 6.07 Å². The van der Waals surface area contributed by atoms with E-state index in [4.69, 9.17) is 11.6 Å². The van der Waals surface area contributed by atoms with Crippen LogP contribution in [0.1, 0.15) is 0 Å². The van der Waals surface area contributed by atoms with Crippen LogP contribution in [-0.2, 0) is 0 Å². The molecule has 0 spiro atoms. The molecule has 1 aromatic rings. The Kier molecular flexibility index (Phi) is 2.68. The van der Waals surface area contributed by atoms with Crippen LogP contribution in [0.3, 0.4) is 0 Å². The van der Waals surface area contributed by atoms with Crippen molar-refractivity contribution in [3.63, 3.8) is 0 Å². The number of phenols is 1. The van der Waals surface area contributed by atoms with Crippen molar-refractivity contribution in [3.8, 4) is 5.75 Å². The largest absolute Gasteiger partial charge is 0.507 e. The molecule has 0 saturated heterocycles. The highest BCUT2D eigenvalue weighted by Crippen LogP contribution is 2.36. The summed E-state index contributed by atoms with van der Waals surface area (Å²) in [4.78, 5) is 1.00. The Morgan fingerprint density at radius 3 is 2.45 bits per heavy atom. The van der Waals surface area contributed by atoms with Crippen LogP contribution in [0.2, 0.25) is 5.02 Å². The quantitative estimate of drug-likeness (QED) is 0.653. The van der Waals surface area contributed by atoms with Crippen molar-refractivity contribution in [1.82, 2.24) is 0 Å². The van der Waals surface area contributed by atoms with Crippen LogP contribution in [0.4, 0.5) is 0 Å². The standard InChI is InChI=1S/C8H11ClOS/c1-11(2)8-4-3-6(9)5-7(8)10/h3-5,10-11H,1-2H3. The summed E-state index contributed by atoms with van der Waals surface area (Å²) in [6.07, 6.45) is 4.19. The molecule has 0 bridgehead atoms. The normalized spacial score (nSPS) is 11.4. The molecule has 0 aliphatic heterocycles. The van der Waals surface area contributed by atoms with Crippen LogP contribution in [0.25, 0.3) is 0 Å². The van der Waals surface area contributed by atoms with Crippen molar-refractivity contribution < 1.29 is 5.11 Å². The van der Waals surface area contributed by atoms with Gasteiger partial charge in [-0.25, -0.2) is 10.9 Å². The second-order valence-electron chi connectivity index (χ2n) is 2.53. The molecule has 0 aliphatic rings. The van der Waals surface area contributed by atoms with E-state index in [-0.39, 0.29) is 10.9 Å².